The minimum Gasteiger partial charge on any atom is -0.354 e. The third-order valence-corrected chi connectivity index (χ3v) is 3.44. The maximum atomic E-state index is 11.7. The van der Waals surface area contributed by atoms with E-state index in [4.69, 9.17) is 5.26 Å². The molecule has 2 saturated carbocycles. The number of nitriles is 1. The van der Waals surface area contributed by atoms with Gasteiger partial charge in [0.25, 0.3) is 0 Å². The minimum atomic E-state index is -0.813. The van der Waals surface area contributed by atoms with Crippen molar-refractivity contribution in [2.45, 2.75) is 44.6 Å². The second-order valence-electron chi connectivity index (χ2n) is 4.90. The Kier molecular flexibility index (Phi) is 3.32. The van der Waals surface area contributed by atoms with Crippen LogP contribution in [0, 0.1) is 16.7 Å². The molecule has 0 bridgehead atoms. The molecule has 0 radical (unpaired) electrons. The van der Waals surface area contributed by atoms with Gasteiger partial charge >= 0.3 is 0 Å². The lowest BCUT2D eigenvalue weighted by atomic mass is 9.69. The largest absolute Gasteiger partial charge is 0.354 e. The van der Waals surface area contributed by atoms with Crippen LogP contribution in [0.3, 0.4) is 0 Å². The summed E-state index contributed by atoms with van der Waals surface area (Å²) in [7, 11) is 0. The highest BCUT2D eigenvalue weighted by Gasteiger charge is 2.44. The zero-order chi connectivity index (χ0) is 12.3. The van der Waals surface area contributed by atoms with Crippen molar-refractivity contribution in [1.82, 2.24) is 10.6 Å². The summed E-state index contributed by atoms with van der Waals surface area (Å²) in [5.74, 6) is -0.238. The van der Waals surface area contributed by atoms with Crippen LogP contribution in [0.25, 0.3) is 0 Å². The van der Waals surface area contributed by atoms with Crippen LogP contribution in [-0.2, 0) is 9.59 Å². The number of hydrogen-bond donors (Lipinski definition) is 2. The average Bonchev–Trinajstić information content (AvgIpc) is 3.00. The maximum absolute atomic E-state index is 11.7. The van der Waals surface area contributed by atoms with E-state index in [-0.39, 0.29) is 11.8 Å². The van der Waals surface area contributed by atoms with Crippen molar-refractivity contribution in [3.63, 3.8) is 0 Å². The van der Waals surface area contributed by atoms with E-state index in [0.29, 0.717) is 31.8 Å². The van der Waals surface area contributed by atoms with Crippen LogP contribution in [-0.4, -0.2) is 24.4 Å². The number of amides is 2. The van der Waals surface area contributed by atoms with Crippen LogP contribution >= 0.6 is 0 Å². The van der Waals surface area contributed by atoms with E-state index < -0.39 is 5.41 Å². The molecule has 0 aliphatic heterocycles. The molecule has 5 heteroatoms. The van der Waals surface area contributed by atoms with Crippen LogP contribution in [0.2, 0.25) is 0 Å². The van der Waals surface area contributed by atoms with Gasteiger partial charge in [-0.2, -0.15) is 5.26 Å². The van der Waals surface area contributed by atoms with Gasteiger partial charge in [-0.1, -0.05) is 0 Å². The molecule has 0 spiro atoms. The quantitative estimate of drug-likeness (QED) is 0.726. The SMILES string of the molecule is N#CC1(C(=O)NCCC(=O)NC2CC2)CCC1. The first-order valence-corrected chi connectivity index (χ1v) is 6.15. The number of nitrogens with zero attached hydrogens (tertiary/aromatic N) is 1. The summed E-state index contributed by atoms with van der Waals surface area (Å²) in [6.45, 7) is 0.320. The fraction of sp³-hybridized carbons (Fsp3) is 0.750. The molecule has 0 atom stereocenters. The summed E-state index contributed by atoms with van der Waals surface area (Å²) in [5.41, 5.74) is -0.813. The molecule has 0 aromatic rings. The maximum Gasteiger partial charge on any atom is 0.240 e. The third-order valence-electron chi connectivity index (χ3n) is 3.44. The van der Waals surface area contributed by atoms with Crippen LogP contribution < -0.4 is 10.6 Å². The zero-order valence-electron chi connectivity index (χ0n) is 9.79. The van der Waals surface area contributed by atoms with Crippen LogP contribution in [0.1, 0.15) is 38.5 Å². The molecule has 0 unspecified atom stereocenters. The molecule has 2 fully saturated rings. The van der Waals surface area contributed by atoms with Crippen molar-refractivity contribution in [3.8, 4) is 6.07 Å². The fourth-order valence-electron chi connectivity index (χ4n) is 1.91. The Morgan fingerprint density at radius 3 is 2.53 bits per heavy atom. The van der Waals surface area contributed by atoms with Crippen LogP contribution in [0.5, 0.6) is 0 Å². The van der Waals surface area contributed by atoms with Gasteiger partial charge < -0.3 is 10.6 Å². The summed E-state index contributed by atoms with van der Waals surface area (Å²) >= 11 is 0. The van der Waals surface area contributed by atoms with Crippen molar-refractivity contribution in [2.75, 3.05) is 6.54 Å². The Morgan fingerprint density at radius 2 is 2.06 bits per heavy atom. The average molecular weight is 235 g/mol. The molecule has 0 aromatic carbocycles. The molecule has 17 heavy (non-hydrogen) atoms. The Hall–Kier alpha value is -1.57. The van der Waals surface area contributed by atoms with E-state index in [1.165, 1.54) is 0 Å². The number of carbonyl (C=O) groups is 2. The predicted molar refractivity (Wildman–Crippen MR) is 60.7 cm³/mol. The Bertz CT molecular complexity index is 364. The molecular weight excluding hydrogens is 218 g/mol. The Morgan fingerprint density at radius 1 is 1.35 bits per heavy atom. The van der Waals surface area contributed by atoms with Gasteiger partial charge in [0.15, 0.2) is 0 Å². The van der Waals surface area contributed by atoms with E-state index in [1.54, 1.807) is 0 Å². The summed E-state index contributed by atoms with van der Waals surface area (Å²) in [5, 5.41) is 14.5. The fourth-order valence-corrected chi connectivity index (χ4v) is 1.91. The highest BCUT2D eigenvalue weighted by molar-refractivity contribution is 5.86. The highest BCUT2D eigenvalue weighted by Crippen LogP contribution is 2.40. The molecule has 2 amide bonds. The first kappa shape index (κ1) is 11.9. The molecule has 2 aliphatic rings. The second-order valence-corrected chi connectivity index (χ2v) is 4.90. The van der Waals surface area contributed by atoms with E-state index in [0.717, 1.165) is 19.3 Å². The molecule has 2 rings (SSSR count). The number of carbonyl (C=O) groups excluding carboxylic acids is 2. The van der Waals surface area contributed by atoms with Gasteiger partial charge in [0.05, 0.1) is 6.07 Å². The molecular formula is C12H17N3O2. The smallest absolute Gasteiger partial charge is 0.240 e. The zero-order valence-corrected chi connectivity index (χ0v) is 9.79. The molecule has 0 heterocycles. The normalized spacial score (nSPS) is 20.9. The van der Waals surface area contributed by atoms with Gasteiger partial charge in [0.2, 0.25) is 11.8 Å². The van der Waals surface area contributed by atoms with Crippen molar-refractivity contribution >= 4 is 11.8 Å². The molecule has 5 nitrogen and oxygen atoms in total. The summed E-state index contributed by atoms with van der Waals surface area (Å²) in [6, 6.07) is 2.44. The Labute approximate surface area is 101 Å². The predicted octanol–water partition coefficient (Wildman–Crippen LogP) is 0.465. The van der Waals surface area contributed by atoms with E-state index >= 15 is 0 Å². The lowest BCUT2D eigenvalue weighted by molar-refractivity contribution is -0.131. The number of hydrogen-bond acceptors (Lipinski definition) is 3. The van der Waals surface area contributed by atoms with Crippen molar-refractivity contribution in [3.05, 3.63) is 0 Å². The molecule has 2 aliphatic carbocycles. The van der Waals surface area contributed by atoms with Crippen molar-refractivity contribution in [2.24, 2.45) is 5.41 Å². The molecule has 92 valence electrons. The van der Waals surface area contributed by atoms with Crippen molar-refractivity contribution in [1.29, 1.82) is 5.26 Å². The van der Waals surface area contributed by atoms with Gasteiger partial charge in [-0.3, -0.25) is 9.59 Å². The second kappa shape index (κ2) is 4.74. The first-order valence-electron chi connectivity index (χ1n) is 6.15. The van der Waals surface area contributed by atoms with Crippen LogP contribution in [0.15, 0.2) is 0 Å². The summed E-state index contributed by atoms with van der Waals surface area (Å²) in [6.07, 6.45) is 4.64. The Balaban J connectivity index is 1.65. The molecule has 2 N–H and O–H groups in total. The lowest BCUT2D eigenvalue weighted by Gasteiger charge is -2.33. The van der Waals surface area contributed by atoms with Gasteiger partial charge in [0, 0.05) is 19.0 Å². The molecule has 0 saturated heterocycles. The minimum absolute atomic E-state index is 0.0209. The van der Waals surface area contributed by atoms with E-state index in [2.05, 4.69) is 16.7 Å². The standard InChI is InChI=1S/C12H17N3O2/c13-8-12(5-1-6-12)11(17)14-7-4-10(16)15-9-2-3-9/h9H,1-7H2,(H,14,17)(H,15,16). The van der Waals surface area contributed by atoms with E-state index in [1.807, 2.05) is 0 Å². The van der Waals surface area contributed by atoms with E-state index in [9.17, 15) is 9.59 Å². The monoisotopic (exact) mass is 235 g/mol. The lowest BCUT2D eigenvalue weighted by Crippen LogP contribution is -2.45. The third kappa shape index (κ3) is 2.76. The molecule has 0 aromatic heterocycles. The number of nitrogens with one attached hydrogen (secondary N) is 2. The van der Waals surface area contributed by atoms with Gasteiger partial charge in [-0.05, 0) is 32.1 Å². The number of rotatable bonds is 5. The topological polar surface area (TPSA) is 82.0 Å². The van der Waals surface area contributed by atoms with Gasteiger partial charge in [-0.25, -0.2) is 0 Å². The van der Waals surface area contributed by atoms with Gasteiger partial charge in [0.1, 0.15) is 5.41 Å². The van der Waals surface area contributed by atoms with Gasteiger partial charge in [-0.15, -0.1) is 0 Å². The first-order chi connectivity index (χ1) is 8.16. The highest BCUT2D eigenvalue weighted by atomic mass is 16.2. The summed E-state index contributed by atoms with van der Waals surface area (Å²) in [4.78, 5) is 23.1. The summed E-state index contributed by atoms with van der Waals surface area (Å²) < 4.78 is 0. The van der Waals surface area contributed by atoms with Crippen LogP contribution in [0.4, 0.5) is 0 Å². The van der Waals surface area contributed by atoms with Crippen molar-refractivity contribution < 1.29 is 9.59 Å².